The van der Waals surface area contributed by atoms with Crippen LogP contribution >= 0.6 is 0 Å². The molecule has 0 aromatic carbocycles. The van der Waals surface area contributed by atoms with Gasteiger partial charge in [0.25, 0.3) is 0 Å². The molecule has 0 radical (unpaired) electrons. The van der Waals surface area contributed by atoms with E-state index in [1.807, 2.05) is 6.08 Å². The number of hydrogen-bond donors (Lipinski definition) is 2. The van der Waals surface area contributed by atoms with Crippen LogP contribution in [0.4, 0.5) is 0 Å². The number of unbranched alkanes of at least 4 members (excludes halogenated alkanes) is 1. The molecule has 0 aliphatic heterocycles. The van der Waals surface area contributed by atoms with Gasteiger partial charge in [-0.1, -0.05) is 25.5 Å². The molecule has 0 heterocycles. The molecule has 0 bridgehead atoms. The van der Waals surface area contributed by atoms with Crippen molar-refractivity contribution < 1.29 is 14.7 Å². The van der Waals surface area contributed by atoms with Crippen LogP contribution in [0.3, 0.4) is 0 Å². The van der Waals surface area contributed by atoms with Crippen molar-refractivity contribution in [2.75, 3.05) is 6.54 Å². The van der Waals surface area contributed by atoms with Gasteiger partial charge in [0, 0.05) is 13.0 Å². The van der Waals surface area contributed by atoms with Gasteiger partial charge in [0.05, 0.1) is 6.42 Å². The monoisotopic (exact) mass is 213 g/mol. The average Bonchev–Trinajstić information content (AvgIpc) is 2.17. The van der Waals surface area contributed by atoms with Crippen LogP contribution < -0.4 is 5.32 Å². The van der Waals surface area contributed by atoms with E-state index in [9.17, 15) is 9.59 Å². The van der Waals surface area contributed by atoms with Crippen molar-refractivity contribution in [3.05, 3.63) is 12.2 Å². The molecular weight excluding hydrogens is 194 g/mol. The molecule has 2 N–H and O–H groups in total. The van der Waals surface area contributed by atoms with Gasteiger partial charge in [-0.15, -0.1) is 0 Å². The van der Waals surface area contributed by atoms with Crippen LogP contribution in [0.1, 0.15) is 39.0 Å². The molecule has 0 spiro atoms. The molecule has 0 rings (SSSR count). The van der Waals surface area contributed by atoms with Crippen molar-refractivity contribution in [1.29, 1.82) is 0 Å². The summed E-state index contributed by atoms with van der Waals surface area (Å²) < 4.78 is 0. The van der Waals surface area contributed by atoms with Gasteiger partial charge in [-0.05, 0) is 12.8 Å². The Kier molecular flexibility index (Phi) is 8.43. The molecule has 0 saturated carbocycles. The molecule has 0 fully saturated rings. The van der Waals surface area contributed by atoms with Gasteiger partial charge in [-0.25, -0.2) is 0 Å². The summed E-state index contributed by atoms with van der Waals surface area (Å²) in [7, 11) is 0. The highest BCUT2D eigenvalue weighted by Gasteiger charge is 2.00. The largest absolute Gasteiger partial charge is 0.481 e. The minimum atomic E-state index is -0.891. The minimum Gasteiger partial charge on any atom is -0.481 e. The second kappa shape index (κ2) is 9.24. The second-order valence-electron chi connectivity index (χ2n) is 3.29. The number of rotatable bonds is 8. The normalized spacial score (nSPS) is 10.5. The maximum atomic E-state index is 11.1. The van der Waals surface area contributed by atoms with Crippen molar-refractivity contribution in [1.82, 2.24) is 5.32 Å². The molecular formula is C11H19NO3. The molecule has 15 heavy (non-hydrogen) atoms. The molecule has 4 heteroatoms. The minimum absolute atomic E-state index is 0.0165. The van der Waals surface area contributed by atoms with Crippen LogP contribution in [-0.2, 0) is 9.59 Å². The fraction of sp³-hybridized carbons (Fsp3) is 0.636. The van der Waals surface area contributed by atoms with Crippen molar-refractivity contribution in [3.8, 4) is 0 Å². The first-order valence-corrected chi connectivity index (χ1v) is 5.30. The Morgan fingerprint density at radius 1 is 1.20 bits per heavy atom. The van der Waals surface area contributed by atoms with Crippen molar-refractivity contribution in [2.24, 2.45) is 0 Å². The Hall–Kier alpha value is -1.32. The zero-order valence-corrected chi connectivity index (χ0v) is 9.16. The van der Waals surface area contributed by atoms with E-state index < -0.39 is 5.97 Å². The smallest absolute Gasteiger partial charge is 0.305 e. The Morgan fingerprint density at radius 2 is 1.87 bits per heavy atom. The predicted octanol–water partition coefficient (Wildman–Crippen LogP) is 1.71. The standard InChI is InChI=1S/C11H19NO3/c1-2-3-4-5-6-7-10(13)12-9-8-11(14)15/h4-5H,2-3,6-9H2,1H3,(H,12,13)(H,14,15)/b5-4+. The van der Waals surface area contributed by atoms with Gasteiger partial charge in [0.1, 0.15) is 0 Å². The van der Waals surface area contributed by atoms with Crippen LogP contribution in [0.15, 0.2) is 12.2 Å². The summed E-state index contributed by atoms with van der Waals surface area (Å²) in [5, 5.41) is 10.9. The van der Waals surface area contributed by atoms with Gasteiger partial charge in [-0.2, -0.15) is 0 Å². The van der Waals surface area contributed by atoms with E-state index in [1.54, 1.807) is 0 Å². The zero-order chi connectivity index (χ0) is 11.5. The number of carboxylic acids is 1. The summed E-state index contributed by atoms with van der Waals surface area (Å²) in [5.41, 5.74) is 0. The highest BCUT2D eigenvalue weighted by atomic mass is 16.4. The van der Waals surface area contributed by atoms with E-state index in [-0.39, 0.29) is 18.9 Å². The molecule has 0 aromatic rings. The van der Waals surface area contributed by atoms with Gasteiger partial charge < -0.3 is 10.4 Å². The Labute approximate surface area is 90.4 Å². The summed E-state index contributed by atoms with van der Waals surface area (Å²) >= 11 is 0. The highest BCUT2D eigenvalue weighted by molar-refractivity contribution is 5.76. The van der Waals surface area contributed by atoms with Crippen LogP contribution in [-0.4, -0.2) is 23.5 Å². The number of nitrogens with one attached hydrogen (secondary N) is 1. The number of hydrogen-bond acceptors (Lipinski definition) is 2. The topological polar surface area (TPSA) is 66.4 Å². The van der Waals surface area contributed by atoms with Gasteiger partial charge in [0.2, 0.25) is 5.91 Å². The first-order valence-electron chi connectivity index (χ1n) is 5.30. The predicted molar refractivity (Wildman–Crippen MR) is 58.5 cm³/mol. The lowest BCUT2D eigenvalue weighted by atomic mass is 10.2. The van der Waals surface area contributed by atoms with Crippen LogP contribution in [0.25, 0.3) is 0 Å². The molecule has 0 aromatic heterocycles. The van der Waals surface area contributed by atoms with Gasteiger partial charge >= 0.3 is 5.97 Å². The number of amides is 1. The third-order valence-corrected chi connectivity index (χ3v) is 1.82. The van der Waals surface area contributed by atoms with Crippen LogP contribution in [0, 0.1) is 0 Å². The fourth-order valence-corrected chi connectivity index (χ4v) is 1.01. The number of aliphatic carboxylic acids is 1. The molecule has 86 valence electrons. The first-order chi connectivity index (χ1) is 7.16. The average molecular weight is 213 g/mol. The third kappa shape index (κ3) is 10.6. The molecule has 4 nitrogen and oxygen atoms in total. The van der Waals surface area contributed by atoms with Crippen molar-refractivity contribution in [3.63, 3.8) is 0 Å². The molecule has 0 aliphatic carbocycles. The highest BCUT2D eigenvalue weighted by Crippen LogP contribution is 1.95. The summed E-state index contributed by atoms with van der Waals surface area (Å²) in [6, 6.07) is 0. The van der Waals surface area contributed by atoms with E-state index in [1.165, 1.54) is 0 Å². The van der Waals surface area contributed by atoms with E-state index in [0.29, 0.717) is 6.42 Å². The summed E-state index contributed by atoms with van der Waals surface area (Å²) in [4.78, 5) is 21.3. The fourth-order valence-electron chi connectivity index (χ4n) is 1.01. The lowest BCUT2D eigenvalue weighted by molar-refractivity contribution is -0.136. The van der Waals surface area contributed by atoms with E-state index >= 15 is 0 Å². The second-order valence-corrected chi connectivity index (χ2v) is 3.29. The molecule has 0 saturated heterocycles. The number of carbonyl (C=O) groups is 2. The number of carbonyl (C=O) groups excluding carboxylic acids is 1. The SMILES string of the molecule is CCC/C=C/CCC(=O)NCCC(=O)O. The lowest BCUT2D eigenvalue weighted by Gasteiger charge is -2.00. The Balaban J connectivity index is 3.37. The van der Waals surface area contributed by atoms with Crippen LogP contribution in [0.5, 0.6) is 0 Å². The zero-order valence-electron chi connectivity index (χ0n) is 9.16. The summed E-state index contributed by atoms with van der Waals surface area (Å²) in [6.45, 7) is 2.32. The lowest BCUT2D eigenvalue weighted by Crippen LogP contribution is -2.25. The molecule has 0 atom stereocenters. The maximum Gasteiger partial charge on any atom is 0.305 e. The maximum absolute atomic E-state index is 11.1. The number of allylic oxidation sites excluding steroid dienone is 2. The third-order valence-electron chi connectivity index (χ3n) is 1.82. The number of carboxylic acid groups (broad SMARTS) is 1. The molecule has 0 unspecified atom stereocenters. The first kappa shape index (κ1) is 13.7. The quantitative estimate of drug-likeness (QED) is 0.603. The summed E-state index contributed by atoms with van der Waals surface area (Å²) in [5.74, 6) is -0.976. The van der Waals surface area contributed by atoms with E-state index in [0.717, 1.165) is 19.3 Å². The van der Waals surface area contributed by atoms with Crippen molar-refractivity contribution in [2.45, 2.75) is 39.0 Å². The van der Waals surface area contributed by atoms with Gasteiger partial charge in [-0.3, -0.25) is 9.59 Å². The van der Waals surface area contributed by atoms with Crippen molar-refractivity contribution >= 4 is 11.9 Å². The van der Waals surface area contributed by atoms with Crippen LogP contribution in [0.2, 0.25) is 0 Å². The van der Waals surface area contributed by atoms with E-state index in [2.05, 4.69) is 18.3 Å². The molecule has 1 amide bonds. The van der Waals surface area contributed by atoms with E-state index in [4.69, 9.17) is 5.11 Å². The molecule has 0 aliphatic rings. The van der Waals surface area contributed by atoms with Gasteiger partial charge in [0.15, 0.2) is 0 Å². The Morgan fingerprint density at radius 3 is 2.47 bits per heavy atom. The summed E-state index contributed by atoms with van der Waals surface area (Å²) in [6.07, 6.45) is 7.34. The Bertz CT molecular complexity index is 224.